The smallest absolute Gasteiger partial charge is 0.330 e. The van der Waals surface area contributed by atoms with Gasteiger partial charge in [-0.15, -0.1) is 0 Å². The summed E-state index contributed by atoms with van der Waals surface area (Å²) in [6.07, 6.45) is 5.70. The van der Waals surface area contributed by atoms with Gasteiger partial charge in [-0.05, 0) is 12.0 Å². The second-order valence-corrected chi connectivity index (χ2v) is 5.69. The number of rotatable bonds is 7. The van der Waals surface area contributed by atoms with E-state index in [1.54, 1.807) is 11.9 Å². The number of nitrogens with one attached hydrogen (secondary N) is 1. The Balaban J connectivity index is 2.22. The van der Waals surface area contributed by atoms with Gasteiger partial charge in [0.2, 0.25) is 0 Å². The van der Waals surface area contributed by atoms with Crippen LogP contribution < -0.4 is 21.9 Å². The zero-order valence-corrected chi connectivity index (χ0v) is 14.2. The lowest BCUT2D eigenvalue weighted by Gasteiger charge is -2.20. The van der Waals surface area contributed by atoms with Crippen LogP contribution in [0, 0.1) is 0 Å². The summed E-state index contributed by atoms with van der Waals surface area (Å²) in [5, 5.41) is 0. The number of unbranched alkanes of at least 4 members (excludes halogenated alkanes) is 1. The first-order valence-electron chi connectivity index (χ1n) is 8.10. The molecule has 0 radical (unpaired) electrons. The van der Waals surface area contributed by atoms with Gasteiger partial charge < -0.3 is 10.6 Å². The van der Waals surface area contributed by atoms with Crippen LogP contribution in [-0.4, -0.2) is 23.1 Å². The summed E-state index contributed by atoms with van der Waals surface area (Å²) < 4.78 is 1.43. The van der Waals surface area contributed by atoms with E-state index in [9.17, 15) is 9.59 Å². The van der Waals surface area contributed by atoms with Gasteiger partial charge in [-0.3, -0.25) is 14.3 Å². The summed E-state index contributed by atoms with van der Waals surface area (Å²) in [5.41, 5.74) is 6.58. The molecule has 6 heteroatoms. The number of likely N-dealkylation sites (N-methyl/N-ethyl adjacent to an activating group) is 1. The number of anilines is 2. The minimum atomic E-state index is -0.458. The Bertz CT molecular complexity index is 806. The molecule has 128 valence electrons. The highest BCUT2D eigenvalue weighted by molar-refractivity contribution is 5.62. The van der Waals surface area contributed by atoms with Crippen molar-refractivity contribution >= 4 is 17.6 Å². The van der Waals surface area contributed by atoms with Crippen molar-refractivity contribution in [2.75, 3.05) is 24.2 Å². The Morgan fingerprint density at radius 3 is 2.62 bits per heavy atom. The molecule has 0 unspecified atom stereocenters. The van der Waals surface area contributed by atoms with Crippen LogP contribution in [0.1, 0.15) is 25.3 Å². The largest absolute Gasteiger partial charge is 0.383 e. The van der Waals surface area contributed by atoms with E-state index >= 15 is 0 Å². The first-order valence-corrected chi connectivity index (χ1v) is 8.10. The molecule has 1 aromatic heterocycles. The fourth-order valence-electron chi connectivity index (χ4n) is 2.49. The fourth-order valence-corrected chi connectivity index (χ4v) is 2.49. The molecule has 0 aliphatic carbocycles. The lowest BCUT2D eigenvalue weighted by Crippen LogP contribution is -2.37. The highest BCUT2D eigenvalue weighted by Crippen LogP contribution is 2.15. The van der Waals surface area contributed by atoms with Gasteiger partial charge in [0.05, 0.1) is 0 Å². The van der Waals surface area contributed by atoms with Gasteiger partial charge in [0, 0.05) is 20.1 Å². The average molecular weight is 328 g/mol. The normalized spacial score (nSPS) is 11.1. The average Bonchev–Trinajstić information content (AvgIpc) is 2.55. The number of H-pyrrole nitrogens is 1. The maximum absolute atomic E-state index is 12.1. The summed E-state index contributed by atoms with van der Waals surface area (Å²) in [6, 6.07) is 9.90. The van der Waals surface area contributed by atoms with E-state index in [0.717, 1.165) is 18.4 Å². The first kappa shape index (κ1) is 17.6. The van der Waals surface area contributed by atoms with Gasteiger partial charge in [-0.25, -0.2) is 4.79 Å². The zero-order chi connectivity index (χ0) is 17.5. The fraction of sp³-hybridized carbons (Fsp3) is 0.333. The molecule has 2 aromatic rings. The minimum absolute atomic E-state index is 0.216. The standard InChI is InChI=1S/C18H24N4O2/c1-3-4-13-22-16(19)15(17(23)20-18(22)24)21(2)12-8-11-14-9-6-5-7-10-14/h5-11H,3-4,12-13,19H2,1-2H3,(H,20,23,24)/b11-8+. The maximum atomic E-state index is 12.1. The van der Waals surface area contributed by atoms with Gasteiger partial charge in [-0.1, -0.05) is 55.8 Å². The van der Waals surface area contributed by atoms with E-state index in [1.165, 1.54) is 4.57 Å². The summed E-state index contributed by atoms with van der Waals surface area (Å²) in [5.74, 6) is 0.216. The number of nitrogen functional groups attached to an aromatic ring is 1. The third-order valence-electron chi connectivity index (χ3n) is 3.82. The molecule has 1 heterocycles. The van der Waals surface area contributed by atoms with E-state index < -0.39 is 11.2 Å². The molecule has 0 amide bonds. The number of aromatic nitrogens is 2. The van der Waals surface area contributed by atoms with Crippen LogP contribution in [0.25, 0.3) is 6.08 Å². The molecule has 2 rings (SSSR count). The number of hydrogen-bond acceptors (Lipinski definition) is 4. The molecular weight excluding hydrogens is 304 g/mol. The van der Waals surface area contributed by atoms with Crippen LogP contribution in [-0.2, 0) is 6.54 Å². The van der Waals surface area contributed by atoms with Crippen LogP contribution in [0.4, 0.5) is 11.5 Å². The van der Waals surface area contributed by atoms with E-state index in [-0.39, 0.29) is 5.82 Å². The predicted molar refractivity (Wildman–Crippen MR) is 99.4 cm³/mol. The molecule has 0 atom stereocenters. The van der Waals surface area contributed by atoms with Crippen molar-refractivity contribution in [3.63, 3.8) is 0 Å². The number of aromatic amines is 1. The van der Waals surface area contributed by atoms with E-state index in [4.69, 9.17) is 5.73 Å². The maximum Gasteiger partial charge on any atom is 0.330 e. The molecule has 24 heavy (non-hydrogen) atoms. The highest BCUT2D eigenvalue weighted by Gasteiger charge is 2.15. The Hall–Kier alpha value is -2.76. The second-order valence-electron chi connectivity index (χ2n) is 5.69. The SMILES string of the molecule is CCCCn1c(N)c(N(C)C/C=C/c2ccccc2)c(=O)[nH]c1=O. The molecule has 0 spiro atoms. The number of hydrogen-bond donors (Lipinski definition) is 2. The molecule has 0 aliphatic heterocycles. The van der Waals surface area contributed by atoms with E-state index in [2.05, 4.69) is 4.98 Å². The molecule has 0 bridgehead atoms. The van der Waals surface area contributed by atoms with Crippen LogP contribution in [0.15, 0.2) is 46.0 Å². The zero-order valence-electron chi connectivity index (χ0n) is 14.2. The quantitative estimate of drug-likeness (QED) is 0.815. The van der Waals surface area contributed by atoms with Crippen molar-refractivity contribution in [3.8, 4) is 0 Å². The number of nitrogens with zero attached hydrogens (tertiary/aromatic N) is 2. The molecule has 0 saturated carbocycles. The van der Waals surface area contributed by atoms with Crippen molar-refractivity contribution in [2.24, 2.45) is 0 Å². The van der Waals surface area contributed by atoms with Gasteiger partial charge in [-0.2, -0.15) is 0 Å². The Morgan fingerprint density at radius 2 is 1.96 bits per heavy atom. The number of nitrogens with two attached hydrogens (primary N) is 1. The summed E-state index contributed by atoms with van der Waals surface area (Å²) in [7, 11) is 1.78. The minimum Gasteiger partial charge on any atom is -0.383 e. The Labute approximate surface area is 141 Å². The summed E-state index contributed by atoms with van der Waals surface area (Å²) >= 11 is 0. The third kappa shape index (κ3) is 4.16. The lowest BCUT2D eigenvalue weighted by atomic mass is 10.2. The van der Waals surface area contributed by atoms with Crippen LogP contribution in [0.2, 0.25) is 0 Å². The molecule has 6 nitrogen and oxygen atoms in total. The van der Waals surface area contributed by atoms with Crippen LogP contribution >= 0.6 is 0 Å². The van der Waals surface area contributed by atoms with E-state index in [1.807, 2.05) is 49.4 Å². The van der Waals surface area contributed by atoms with Gasteiger partial charge in [0.25, 0.3) is 5.56 Å². The Kier molecular flexibility index (Phi) is 6.01. The van der Waals surface area contributed by atoms with Crippen molar-refractivity contribution < 1.29 is 0 Å². The van der Waals surface area contributed by atoms with Crippen molar-refractivity contribution in [3.05, 3.63) is 62.8 Å². The second kappa shape index (κ2) is 8.19. The van der Waals surface area contributed by atoms with Crippen LogP contribution in [0.5, 0.6) is 0 Å². The summed E-state index contributed by atoms with van der Waals surface area (Å²) in [4.78, 5) is 28.2. The van der Waals surface area contributed by atoms with Crippen molar-refractivity contribution in [1.82, 2.24) is 9.55 Å². The third-order valence-corrected chi connectivity index (χ3v) is 3.82. The molecule has 0 fully saturated rings. The van der Waals surface area contributed by atoms with E-state index in [0.29, 0.717) is 18.8 Å². The molecular formula is C18H24N4O2. The summed E-state index contributed by atoms with van der Waals surface area (Å²) in [6.45, 7) is 3.04. The predicted octanol–water partition coefficient (Wildman–Crippen LogP) is 2.07. The molecule has 0 aliphatic rings. The van der Waals surface area contributed by atoms with Crippen molar-refractivity contribution in [1.29, 1.82) is 0 Å². The van der Waals surface area contributed by atoms with Gasteiger partial charge >= 0.3 is 5.69 Å². The van der Waals surface area contributed by atoms with Gasteiger partial charge in [0.1, 0.15) is 11.5 Å². The Morgan fingerprint density at radius 1 is 1.25 bits per heavy atom. The van der Waals surface area contributed by atoms with Gasteiger partial charge in [0.15, 0.2) is 0 Å². The molecule has 3 N–H and O–H groups in total. The highest BCUT2D eigenvalue weighted by atomic mass is 16.2. The molecule has 1 aromatic carbocycles. The van der Waals surface area contributed by atoms with Crippen molar-refractivity contribution in [2.45, 2.75) is 26.3 Å². The topological polar surface area (TPSA) is 84.1 Å². The number of benzene rings is 1. The molecule has 0 saturated heterocycles. The first-order chi connectivity index (χ1) is 11.5. The lowest BCUT2D eigenvalue weighted by molar-refractivity contribution is 0.604. The monoisotopic (exact) mass is 328 g/mol. The van der Waals surface area contributed by atoms with Crippen LogP contribution in [0.3, 0.4) is 0 Å².